The van der Waals surface area contributed by atoms with Crippen LogP contribution in [0.5, 0.6) is 0 Å². The molecule has 0 spiro atoms. The van der Waals surface area contributed by atoms with Crippen molar-refractivity contribution >= 4 is 11.9 Å². The van der Waals surface area contributed by atoms with Gasteiger partial charge in [-0.1, -0.05) is 6.92 Å². The number of aryl methyl sites for hydroxylation is 1. The lowest BCUT2D eigenvalue weighted by molar-refractivity contribution is 0.187. The number of ether oxygens (including phenoxy) is 1. The summed E-state index contributed by atoms with van der Waals surface area (Å²) in [6.07, 6.45) is 2.07. The Labute approximate surface area is 76.9 Å². The highest BCUT2D eigenvalue weighted by molar-refractivity contribution is 5.83. The maximum atomic E-state index is 10.8. The Kier molecular flexibility index (Phi) is 3.25. The van der Waals surface area contributed by atoms with E-state index in [1.165, 1.54) is 7.11 Å². The summed E-state index contributed by atoms with van der Waals surface area (Å²) in [6, 6.07) is 3.72. The van der Waals surface area contributed by atoms with Gasteiger partial charge in [0.2, 0.25) is 0 Å². The van der Waals surface area contributed by atoms with E-state index in [1.807, 2.05) is 19.1 Å². The molecule has 4 heteroatoms. The first-order valence-electron chi connectivity index (χ1n) is 4.06. The monoisotopic (exact) mass is 180 g/mol. The first-order valence-corrected chi connectivity index (χ1v) is 4.06. The average molecular weight is 180 g/mol. The van der Waals surface area contributed by atoms with Gasteiger partial charge >= 0.3 is 6.09 Å². The molecule has 1 heterocycles. The fourth-order valence-electron chi connectivity index (χ4n) is 0.918. The summed E-state index contributed by atoms with van der Waals surface area (Å²) in [6.45, 7) is 2.04. The fraction of sp³-hybridized carbons (Fsp3) is 0.333. The van der Waals surface area contributed by atoms with Gasteiger partial charge in [0.25, 0.3) is 0 Å². The molecule has 0 aromatic carbocycles. The Balaban J connectivity index is 2.71. The molecule has 0 aliphatic rings. The highest BCUT2D eigenvalue weighted by Crippen LogP contribution is 2.07. The van der Waals surface area contributed by atoms with Crippen molar-refractivity contribution in [3.05, 3.63) is 23.9 Å². The van der Waals surface area contributed by atoms with Gasteiger partial charge in [-0.15, -0.1) is 0 Å². The zero-order valence-electron chi connectivity index (χ0n) is 7.70. The van der Waals surface area contributed by atoms with Gasteiger partial charge in [-0.3, -0.25) is 5.32 Å². The molecule has 1 aromatic heterocycles. The Morgan fingerprint density at radius 3 is 3.08 bits per heavy atom. The number of amides is 1. The van der Waals surface area contributed by atoms with E-state index >= 15 is 0 Å². The third kappa shape index (κ3) is 2.74. The molecule has 0 saturated carbocycles. The minimum absolute atomic E-state index is 0.499. The van der Waals surface area contributed by atoms with Crippen LogP contribution in [0.3, 0.4) is 0 Å². The lowest BCUT2D eigenvalue weighted by atomic mass is 10.2. The molecule has 1 N–H and O–H groups in total. The summed E-state index contributed by atoms with van der Waals surface area (Å²) in [7, 11) is 1.32. The largest absolute Gasteiger partial charge is 0.453 e. The maximum Gasteiger partial charge on any atom is 0.412 e. The quantitative estimate of drug-likeness (QED) is 0.755. The molecule has 4 nitrogen and oxygen atoms in total. The Morgan fingerprint density at radius 1 is 1.69 bits per heavy atom. The molecule has 0 unspecified atom stereocenters. The number of methoxy groups -OCH3 is 1. The number of nitrogens with zero attached hydrogens (tertiary/aromatic N) is 1. The van der Waals surface area contributed by atoms with Crippen molar-refractivity contribution in [1.29, 1.82) is 0 Å². The summed E-state index contributed by atoms with van der Waals surface area (Å²) in [5, 5.41) is 2.49. The molecule has 13 heavy (non-hydrogen) atoms. The van der Waals surface area contributed by atoms with Crippen LogP contribution in [0.2, 0.25) is 0 Å². The molecule has 0 aliphatic carbocycles. The number of anilines is 1. The number of hydrogen-bond acceptors (Lipinski definition) is 3. The summed E-state index contributed by atoms with van der Waals surface area (Å²) in [5.41, 5.74) is 1.13. The van der Waals surface area contributed by atoms with Gasteiger partial charge in [0, 0.05) is 6.20 Å². The summed E-state index contributed by atoms with van der Waals surface area (Å²) >= 11 is 0. The van der Waals surface area contributed by atoms with Gasteiger partial charge in [0.05, 0.1) is 7.11 Å². The Bertz CT molecular complexity index is 299. The second kappa shape index (κ2) is 4.45. The van der Waals surface area contributed by atoms with Gasteiger partial charge in [-0.25, -0.2) is 9.78 Å². The summed E-state index contributed by atoms with van der Waals surface area (Å²) in [5.74, 6) is 0.520. The number of aromatic nitrogens is 1. The van der Waals surface area contributed by atoms with Crippen LogP contribution >= 0.6 is 0 Å². The molecule has 0 radical (unpaired) electrons. The van der Waals surface area contributed by atoms with Gasteiger partial charge in [-0.2, -0.15) is 0 Å². The molecule has 1 amide bonds. The smallest absolute Gasteiger partial charge is 0.412 e. The molecular weight excluding hydrogens is 168 g/mol. The zero-order chi connectivity index (χ0) is 9.68. The van der Waals surface area contributed by atoms with Crippen molar-refractivity contribution in [1.82, 2.24) is 4.98 Å². The Morgan fingerprint density at radius 2 is 2.46 bits per heavy atom. The predicted molar refractivity (Wildman–Crippen MR) is 49.6 cm³/mol. The minimum Gasteiger partial charge on any atom is -0.453 e. The van der Waals surface area contributed by atoms with E-state index in [0.29, 0.717) is 5.82 Å². The number of carbonyl (C=O) groups excluding carboxylic acids is 1. The molecule has 70 valence electrons. The van der Waals surface area contributed by atoms with E-state index < -0.39 is 6.09 Å². The van der Waals surface area contributed by atoms with Crippen LogP contribution in [-0.4, -0.2) is 18.2 Å². The molecule has 1 aromatic rings. The molecule has 0 fully saturated rings. The number of nitrogens with one attached hydrogen (secondary N) is 1. The normalized spacial score (nSPS) is 9.38. The van der Waals surface area contributed by atoms with Crippen LogP contribution in [0.15, 0.2) is 18.3 Å². The lowest BCUT2D eigenvalue weighted by Crippen LogP contribution is -2.12. The number of hydrogen-bond donors (Lipinski definition) is 1. The van der Waals surface area contributed by atoms with Crippen molar-refractivity contribution in [3.8, 4) is 0 Å². The SMILES string of the molecule is CCc1ccnc(NC(=O)OC)c1. The number of pyridine rings is 1. The zero-order valence-corrected chi connectivity index (χ0v) is 7.70. The van der Waals surface area contributed by atoms with Crippen LogP contribution in [0.1, 0.15) is 12.5 Å². The average Bonchev–Trinajstić information content (AvgIpc) is 2.18. The summed E-state index contributed by atoms with van der Waals surface area (Å²) in [4.78, 5) is 14.8. The molecule has 0 bridgehead atoms. The van der Waals surface area contributed by atoms with E-state index in [2.05, 4.69) is 15.0 Å². The van der Waals surface area contributed by atoms with Crippen LogP contribution in [0, 0.1) is 0 Å². The first-order chi connectivity index (χ1) is 6.26. The topological polar surface area (TPSA) is 51.2 Å². The molecule has 0 saturated heterocycles. The highest BCUT2D eigenvalue weighted by Gasteiger charge is 2.01. The Hall–Kier alpha value is -1.58. The fourth-order valence-corrected chi connectivity index (χ4v) is 0.918. The number of carbonyl (C=O) groups is 1. The standard InChI is InChI=1S/C9H12N2O2/c1-3-7-4-5-10-8(6-7)11-9(12)13-2/h4-6H,3H2,1-2H3,(H,10,11,12). The molecular formula is C9H12N2O2. The molecule has 0 atom stereocenters. The maximum absolute atomic E-state index is 10.8. The summed E-state index contributed by atoms with van der Waals surface area (Å²) < 4.78 is 4.44. The van der Waals surface area contributed by atoms with E-state index in [1.54, 1.807) is 6.20 Å². The van der Waals surface area contributed by atoms with Crippen LogP contribution in [-0.2, 0) is 11.2 Å². The van der Waals surface area contributed by atoms with Gasteiger partial charge in [0.15, 0.2) is 0 Å². The second-order valence-electron chi connectivity index (χ2n) is 2.52. The molecule has 1 rings (SSSR count). The van der Waals surface area contributed by atoms with Crippen LogP contribution in [0.4, 0.5) is 10.6 Å². The minimum atomic E-state index is -0.499. The lowest BCUT2D eigenvalue weighted by Gasteiger charge is -2.03. The van der Waals surface area contributed by atoms with Gasteiger partial charge < -0.3 is 4.74 Å². The second-order valence-corrected chi connectivity index (χ2v) is 2.52. The van der Waals surface area contributed by atoms with Crippen molar-refractivity contribution < 1.29 is 9.53 Å². The third-order valence-corrected chi connectivity index (χ3v) is 1.65. The van der Waals surface area contributed by atoms with Crippen molar-refractivity contribution in [2.45, 2.75) is 13.3 Å². The van der Waals surface area contributed by atoms with E-state index in [9.17, 15) is 4.79 Å². The first kappa shape index (κ1) is 9.51. The van der Waals surface area contributed by atoms with E-state index in [-0.39, 0.29) is 0 Å². The molecule has 0 aliphatic heterocycles. The van der Waals surface area contributed by atoms with Crippen LogP contribution < -0.4 is 5.32 Å². The van der Waals surface area contributed by atoms with Crippen molar-refractivity contribution in [3.63, 3.8) is 0 Å². The predicted octanol–water partition coefficient (Wildman–Crippen LogP) is 1.82. The van der Waals surface area contributed by atoms with Gasteiger partial charge in [-0.05, 0) is 24.1 Å². The van der Waals surface area contributed by atoms with E-state index in [4.69, 9.17) is 0 Å². The van der Waals surface area contributed by atoms with Crippen molar-refractivity contribution in [2.75, 3.05) is 12.4 Å². The van der Waals surface area contributed by atoms with Gasteiger partial charge in [0.1, 0.15) is 5.82 Å². The van der Waals surface area contributed by atoms with Crippen molar-refractivity contribution in [2.24, 2.45) is 0 Å². The highest BCUT2D eigenvalue weighted by atomic mass is 16.5. The van der Waals surface area contributed by atoms with E-state index in [0.717, 1.165) is 12.0 Å². The third-order valence-electron chi connectivity index (χ3n) is 1.65. The number of rotatable bonds is 2. The van der Waals surface area contributed by atoms with Crippen LogP contribution in [0.25, 0.3) is 0 Å².